The topological polar surface area (TPSA) is 41.6 Å². The Balaban J connectivity index is 1.92. The second-order valence-corrected chi connectivity index (χ2v) is 5.46. The van der Waals surface area contributed by atoms with Crippen molar-refractivity contribution in [1.82, 2.24) is 10.2 Å². The van der Waals surface area contributed by atoms with Gasteiger partial charge in [0.1, 0.15) is 0 Å². The molecule has 0 unspecified atom stereocenters. The molecule has 0 saturated carbocycles. The van der Waals surface area contributed by atoms with Gasteiger partial charge in [-0.3, -0.25) is 4.79 Å². The minimum Gasteiger partial charge on any atom is -0.383 e. The molecule has 0 radical (unpaired) electrons. The lowest BCUT2D eigenvalue weighted by molar-refractivity contribution is -0.129. The average molecular weight is 276 g/mol. The summed E-state index contributed by atoms with van der Waals surface area (Å²) < 4.78 is 5.27. The van der Waals surface area contributed by atoms with Crippen LogP contribution in [0.2, 0.25) is 0 Å². The normalized spacial score (nSPS) is 23.5. The predicted molar refractivity (Wildman–Crippen MR) is 79.3 cm³/mol. The van der Waals surface area contributed by atoms with Crippen LogP contribution in [0.3, 0.4) is 0 Å². The summed E-state index contributed by atoms with van der Waals surface area (Å²) in [6.45, 7) is 2.25. The number of likely N-dealkylation sites (N-methyl/N-ethyl adjacent to an activating group) is 1. The molecular weight excluding hydrogens is 252 g/mol. The zero-order chi connectivity index (χ0) is 14.4. The lowest BCUT2D eigenvalue weighted by Crippen LogP contribution is -2.51. The Labute approximate surface area is 121 Å². The highest BCUT2D eigenvalue weighted by molar-refractivity contribution is 5.79. The quantitative estimate of drug-likeness (QED) is 0.889. The Bertz CT molecular complexity index is 422. The van der Waals surface area contributed by atoms with Crippen LogP contribution in [0.5, 0.6) is 0 Å². The average Bonchev–Trinajstić information content (AvgIpc) is 2.48. The molecule has 1 aromatic carbocycles. The van der Waals surface area contributed by atoms with E-state index in [1.54, 1.807) is 7.11 Å². The van der Waals surface area contributed by atoms with Crippen LogP contribution in [0.1, 0.15) is 18.4 Å². The molecule has 0 aliphatic carbocycles. The summed E-state index contributed by atoms with van der Waals surface area (Å²) in [5.74, 6) is 0.167. The first-order chi connectivity index (χ1) is 9.72. The van der Waals surface area contributed by atoms with Gasteiger partial charge in [-0.1, -0.05) is 30.3 Å². The van der Waals surface area contributed by atoms with E-state index in [-0.39, 0.29) is 17.9 Å². The highest BCUT2D eigenvalue weighted by Gasteiger charge is 2.33. The van der Waals surface area contributed by atoms with Gasteiger partial charge >= 0.3 is 0 Å². The van der Waals surface area contributed by atoms with Gasteiger partial charge in [0.2, 0.25) is 5.91 Å². The Kier molecular flexibility index (Phi) is 5.56. The number of methoxy groups -OCH3 is 1. The van der Waals surface area contributed by atoms with Crippen molar-refractivity contribution in [2.24, 2.45) is 5.92 Å². The molecule has 1 aromatic rings. The molecule has 1 amide bonds. The molecule has 20 heavy (non-hydrogen) atoms. The third-order valence-electron chi connectivity index (χ3n) is 4.04. The van der Waals surface area contributed by atoms with Gasteiger partial charge in [0.25, 0.3) is 0 Å². The van der Waals surface area contributed by atoms with E-state index in [4.69, 9.17) is 4.74 Å². The molecule has 1 heterocycles. The second kappa shape index (κ2) is 7.41. The van der Waals surface area contributed by atoms with Crippen LogP contribution < -0.4 is 5.32 Å². The number of benzene rings is 1. The summed E-state index contributed by atoms with van der Waals surface area (Å²) in [6, 6.07) is 10.2. The highest BCUT2D eigenvalue weighted by atomic mass is 16.5. The summed E-state index contributed by atoms with van der Waals surface area (Å²) in [6.07, 6.45) is 2.01. The number of likely N-dealkylation sites (tertiary alicyclic amines) is 1. The fraction of sp³-hybridized carbons (Fsp3) is 0.562. The Morgan fingerprint density at radius 2 is 2.15 bits per heavy atom. The van der Waals surface area contributed by atoms with Crippen molar-refractivity contribution in [1.29, 1.82) is 0 Å². The summed E-state index contributed by atoms with van der Waals surface area (Å²) in [5.41, 5.74) is 1.13. The number of rotatable bonds is 5. The van der Waals surface area contributed by atoms with E-state index in [0.29, 0.717) is 13.2 Å². The molecular formula is C16H24N2O2. The van der Waals surface area contributed by atoms with Gasteiger partial charge in [0.05, 0.1) is 12.5 Å². The molecule has 1 aliphatic rings. The standard InChI is InChI=1S/C16H24N2O2/c1-18-10-6-9-14(15(18)12-20-2)16(19)17-11-13-7-4-3-5-8-13/h3-5,7-8,14-15H,6,9-12H2,1-2H3,(H,17,19)/t14-,15-/m1/s1. The number of carbonyl (C=O) groups excluding carboxylic acids is 1. The zero-order valence-electron chi connectivity index (χ0n) is 12.3. The van der Waals surface area contributed by atoms with Crippen molar-refractivity contribution in [3.05, 3.63) is 35.9 Å². The molecule has 2 rings (SSSR count). The summed E-state index contributed by atoms with van der Waals surface area (Å²) in [7, 11) is 3.77. The maximum Gasteiger partial charge on any atom is 0.225 e. The van der Waals surface area contributed by atoms with Crippen molar-refractivity contribution in [3.63, 3.8) is 0 Å². The first kappa shape index (κ1) is 15.0. The molecule has 110 valence electrons. The molecule has 4 nitrogen and oxygen atoms in total. The van der Waals surface area contributed by atoms with E-state index >= 15 is 0 Å². The SMILES string of the molecule is COC[C@@H]1[C@H](C(=O)NCc2ccccc2)CCCN1C. The zero-order valence-corrected chi connectivity index (χ0v) is 12.3. The maximum atomic E-state index is 12.4. The first-order valence-corrected chi connectivity index (χ1v) is 7.23. The van der Waals surface area contributed by atoms with Crippen molar-refractivity contribution in [2.45, 2.75) is 25.4 Å². The molecule has 4 heteroatoms. The summed E-state index contributed by atoms with van der Waals surface area (Å²) >= 11 is 0. The number of ether oxygens (including phenoxy) is 1. The van der Waals surface area contributed by atoms with Crippen LogP contribution in [0, 0.1) is 5.92 Å². The summed E-state index contributed by atoms with van der Waals surface area (Å²) in [4.78, 5) is 14.6. The van der Waals surface area contributed by atoms with Gasteiger partial charge in [-0.2, -0.15) is 0 Å². The number of piperidine rings is 1. The van der Waals surface area contributed by atoms with Crippen LogP contribution in [-0.4, -0.2) is 44.2 Å². The predicted octanol–water partition coefficient (Wildman–Crippen LogP) is 1.66. The first-order valence-electron chi connectivity index (χ1n) is 7.23. The monoisotopic (exact) mass is 276 g/mol. The minimum absolute atomic E-state index is 0.0254. The van der Waals surface area contributed by atoms with Gasteiger partial charge in [-0.05, 0) is 32.0 Å². The van der Waals surface area contributed by atoms with Gasteiger partial charge in [0.15, 0.2) is 0 Å². The number of hydrogen-bond donors (Lipinski definition) is 1. The Hall–Kier alpha value is -1.39. The molecule has 1 aliphatic heterocycles. The van der Waals surface area contributed by atoms with E-state index in [2.05, 4.69) is 17.3 Å². The number of amides is 1. The minimum atomic E-state index is 0.0254. The molecule has 1 saturated heterocycles. The van der Waals surface area contributed by atoms with Gasteiger partial charge in [-0.25, -0.2) is 0 Å². The maximum absolute atomic E-state index is 12.4. The van der Waals surface area contributed by atoms with Gasteiger partial charge in [-0.15, -0.1) is 0 Å². The molecule has 0 bridgehead atoms. The van der Waals surface area contributed by atoms with Crippen LogP contribution in [0.25, 0.3) is 0 Å². The van der Waals surface area contributed by atoms with Crippen LogP contribution in [-0.2, 0) is 16.1 Å². The third-order valence-corrected chi connectivity index (χ3v) is 4.04. The number of nitrogens with zero attached hydrogens (tertiary/aromatic N) is 1. The van der Waals surface area contributed by atoms with Crippen molar-refractivity contribution in [2.75, 3.05) is 27.3 Å². The number of nitrogens with one attached hydrogen (secondary N) is 1. The number of carbonyl (C=O) groups is 1. The lowest BCUT2D eigenvalue weighted by atomic mass is 9.89. The lowest BCUT2D eigenvalue weighted by Gasteiger charge is -2.37. The van der Waals surface area contributed by atoms with E-state index < -0.39 is 0 Å². The van der Waals surface area contributed by atoms with Crippen molar-refractivity contribution < 1.29 is 9.53 Å². The van der Waals surface area contributed by atoms with E-state index in [9.17, 15) is 4.79 Å². The molecule has 2 atom stereocenters. The Morgan fingerprint density at radius 1 is 1.40 bits per heavy atom. The van der Waals surface area contributed by atoms with E-state index in [1.165, 1.54) is 0 Å². The van der Waals surface area contributed by atoms with Crippen LogP contribution >= 0.6 is 0 Å². The smallest absolute Gasteiger partial charge is 0.225 e. The summed E-state index contributed by atoms with van der Waals surface area (Å²) in [5, 5.41) is 3.06. The van der Waals surface area contributed by atoms with Gasteiger partial charge < -0.3 is 15.0 Å². The third kappa shape index (κ3) is 3.81. The molecule has 1 fully saturated rings. The van der Waals surface area contributed by atoms with Gasteiger partial charge in [0, 0.05) is 19.7 Å². The number of hydrogen-bond acceptors (Lipinski definition) is 3. The van der Waals surface area contributed by atoms with E-state index in [0.717, 1.165) is 24.9 Å². The van der Waals surface area contributed by atoms with Crippen molar-refractivity contribution >= 4 is 5.91 Å². The Morgan fingerprint density at radius 3 is 2.85 bits per heavy atom. The largest absolute Gasteiger partial charge is 0.383 e. The fourth-order valence-corrected chi connectivity index (χ4v) is 2.86. The second-order valence-electron chi connectivity index (χ2n) is 5.46. The highest BCUT2D eigenvalue weighted by Crippen LogP contribution is 2.23. The van der Waals surface area contributed by atoms with Crippen LogP contribution in [0.15, 0.2) is 30.3 Å². The molecule has 0 aromatic heterocycles. The van der Waals surface area contributed by atoms with E-state index in [1.807, 2.05) is 30.3 Å². The van der Waals surface area contributed by atoms with Crippen LogP contribution in [0.4, 0.5) is 0 Å². The fourth-order valence-electron chi connectivity index (χ4n) is 2.86. The van der Waals surface area contributed by atoms with Crippen molar-refractivity contribution in [3.8, 4) is 0 Å². The molecule has 1 N–H and O–H groups in total. The molecule has 0 spiro atoms.